The minimum absolute atomic E-state index is 0.0348. The first-order valence-electron chi connectivity index (χ1n) is 12.5. The van der Waals surface area contributed by atoms with Gasteiger partial charge in [-0.2, -0.15) is 0 Å². The lowest BCUT2D eigenvalue weighted by Crippen LogP contribution is -2.49. The van der Waals surface area contributed by atoms with Gasteiger partial charge in [-0.05, 0) is 42.0 Å². The van der Waals surface area contributed by atoms with Crippen LogP contribution in [0.25, 0.3) is 11.1 Å². The Morgan fingerprint density at radius 3 is 2.17 bits per heavy atom. The van der Waals surface area contributed by atoms with Gasteiger partial charge in [0.05, 0.1) is 11.8 Å². The number of carbonyl (C=O) groups is 3. The van der Waals surface area contributed by atoms with Crippen molar-refractivity contribution in [2.24, 2.45) is 11.8 Å². The fraction of sp³-hybridized carbons (Fsp3) is 0.464. The molecular formula is C28H34N2O5. The highest BCUT2D eigenvalue weighted by molar-refractivity contribution is 5.82. The predicted molar refractivity (Wildman–Crippen MR) is 133 cm³/mol. The first kappa shape index (κ1) is 24.8. The van der Waals surface area contributed by atoms with Crippen LogP contribution in [0.4, 0.5) is 4.79 Å². The van der Waals surface area contributed by atoms with Crippen LogP contribution < -0.4 is 10.6 Å². The number of hydrogen-bond acceptors (Lipinski definition) is 4. The number of carboxylic acids is 1. The number of amides is 2. The zero-order chi connectivity index (χ0) is 24.9. The molecule has 0 aromatic heterocycles. The molecule has 0 heterocycles. The topological polar surface area (TPSA) is 105 Å². The number of alkyl carbamates (subject to hydrolysis) is 1. The minimum atomic E-state index is -0.866. The molecule has 186 valence electrons. The molecule has 7 nitrogen and oxygen atoms in total. The summed E-state index contributed by atoms with van der Waals surface area (Å²) in [5, 5.41) is 15.3. The zero-order valence-electron chi connectivity index (χ0n) is 20.3. The fourth-order valence-electron chi connectivity index (χ4n) is 5.27. The predicted octanol–water partition coefficient (Wildman–Crippen LogP) is 4.70. The molecule has 0 spiro atoms. The summed E-state index contributed by atoms with van der Waals surface area (Å²) in [7, 11) is 0. The highest BCUT2D eigenvalue weighted by Crippen LogP contribution is 2.44. The summed E-state index contributed by atoms with van der Waals surface area (Å²) >= 11 is 0. The lowest BCUT2D eigenvalue weighted by Gasteiger charge is -2.27. The van der Waals surface area contributed by atoms with Crippen molar-refractivity contribution in [2.75, 3.05) is 6.61 Å². The molecule has 7 heteroatoms. The second-order valence-corrected chi connectivity index (χ2v) is 9.75. The van der Waals surface area contributed by atoms with Gasteiger partial charge in [-0.15, -0.1) is 0 Å². The van der Waals surface area contributed by atoms with Crippen LogP contribution in [0.5, 0.6) is 0 Å². The standard InChI is InChI=1S/C28H34N2O5/c1-17(26(31)30-25-15-5-3-4-14-23(25)27(32)33)18(2)29-28(34)35-16-24-21-12-8-6-10-19(21)20-11-7-9-13-22(20)24/h6-13,17-18,23-25H,3-5,14-16H2,1-2H3,(H,29,34)(H,30,31)(H,32,33). The Kier molecular flexibility index (Phi) is 7.73. The summed E-state index contributed by atoms with van der Waals surface area (Å²) in [5.41, 5.74) is 4.60. The van der Waals surface area contributed by atoms with Crippen LogP contribution in [0.15, 0.2) is 48.5 Å². The Hall–Kier alpha value is -3.35. The van der Waals surface area contributed by atoms with Crippen molar-refractivity contribution >= 4 is 18.0 Å². The van der Waals surface area contributed by atoms with Gasteiger partial charge >= 0.3 is 12.1 Å². The second-order valence-electron chi connectivity index (χ2n) is 9.75. The van der Waals surface area contributed by atoms with E-state index in [1.165, 1.54) is 0 Å². The van der Waals surface area contributed by atoms with E-state index in [4.69, 9.17) is 4.74 Å². The van der Waals surface area contributed by atoms with E-state index in [2.05, 4.69) is 34.9 Å². The molecule has 2 aliphatic carbocycles. The normalized spacial score (nSPS) is 21.1. The number of benzene rings is 2. The summed E-state index contributed by atoms with van der Waals surface area (Å²) in [6.45, 7) is 3.69. The third-order valence-electron chi connectivity index (χ3n) is 7.51. The number of rotatable bonds is 7. The van der Waals surface area contributed by atoms with Gasteiger partial charge in [0.15, 0.2) is 0 Å². The maximum Gasteiger partial charge on any atom is 0.407 e. The van der Waals surface area contributed by atoms with Crippen LogP contribution in [0.2, 0.25) is 0 Å². The molecule has 2 amide bonds. The van der Waals surface area contributed by atoms with Crippen LogP contribution in [0, 0.1) is 11.8 Å². The Labute approximate surface area is 206 Å². The summed E-state index contributed by atoms with van der Waals surface area (Å²) in [4.78, 5) is 37.1. The van der Waals surface area contributed by atoms with E-state index < -0.39 is 29.9 Å². The molecule has 1 fully saturated rings. The molecule has 3 N–H and O–H groups in total. The third-order valence-corrected chi connectivity index (χ3v) is 7.51. The second kappa shape index (κ2) is 10.9. The van der Waals surface area contributed by atoms with Gasteiger partial charge in [-0.3, -0.25) is 9.59 Å². The summed E-state index contributed by atoms with van der Waals surface area (Å²) in [6, 6.07) is 15.4. The molecule has 35 heavy (non-hydrogen) atoms. The van der Waals surface area contributed by atoms with Gasteiger partial charge in [0, 0.05) is 18.0 Å². The number of hydrogen-bond donors (Lipinski definition) is 3. The van der Waals surface area contributed by atoms with E-state index in [1.54, 1.807) is 13.8 Å². The van der Waals surface area contributed by atoms with Crippen molar-refractivity contribution in [3.8, 4) is 11.1 Å². The number of fused-ring (bicyclic) bond motifs is 3. The molecule has 1 saturated carbocycles. The smallest absolute Gasteiger partial charge is 0.407 e. The van der Waals surface area contributed by atoms with E-state index >= 15 is 0 Å². The maximum absolute atomic E-state index is 12.9. The maximum atomic E-state index is 12.9. The van der Waals surface area contributed by atoms with Gasteiger partial charge in [0.2, 0.25) is 5.91 Å². The zero-order valence-corrected chi connectivity index (χ0v) is 20.3. The minimum Gasteiger partial charge on any atom is -0.481 e. The third kappa shape index (κ3) is 5.50. The highest BCUT2D eigenvalue weighted by Gasteiger charge is 2.33. The quantitative estimate of drug-likeness (QED) is 0.501. The average Bonchev–Trinajstić information content (AvgIpc) is 2.98. The molecular weight excluding hydrogens is 444 g/mol. The van der Waals surface area contributed by atoms with Crippen molar-refractivity contribution in [3.63, 3.8) is 0 Å². The molecule has 4 rings (SSSR count). The monoisotopic (exact) mass is 478 g/mol. The highest BCUT2D eigenvalue weighted by atomic mass is 16.5. The van der Waals surface area contributed by atoms with Gasteiger partial charge < -0.3 is 20.5 Å². The molecule has 0 radical (unpaired) electrons. The average molecular weight is 479 g/mol. The van der Waals surface area contributed by atoms with Gasteiger partial charge in [0.1, 0.15) is 6.61 Å². The van der Waals surface area contributed by atoms with Crippen LogP contribution in [-0.4, -0.2) is 41.8 Å². The number of carbonyl (C=O) groups excluding carboxylic acids is 2. The van der Waals surface area contributed by atoms with E-state index in [1.807, 2.05) is 24.3 Å². The van der Waals surface area contributed by atoms with E-state index in [9.17, 15) is 19.5 Å². The van der Waals surface area contributed by atoms with Gasteiger partial charge in [0.25, 0.3) is 0 Å². The lowest BCUT2D eigenvalue weighted by atomic mass is 9.93. The summed E-state index contributed by atoms with van der Waals surface area (Å²) in [5.74, 6) is -2.26. The van der Waals surface area contributed by atoms with Crippen LogP contribution in [0.1, 0.15) is 63.0 Å². The molecule has 2 aliphatic rings. The van der Waals surface area contributed by atoms with Crippen molar-refractivity contribution in [1.82, 2.24) is 10.6 Å². The van der Waals surface area contributed by atoms with Crippen LogP contribution in [0.3, 0.4) is 0 Å². The van der Waals surface area contributed by atoms with Gasteiger partial charge in [-0.1, -0.05) is 74.7 Å². The fourth-order valence-corrected chi connectivity index (χ4v) is 5.27. The number of carboxylic acid groups (broad SMARTS) is 1. The number of ether oxygens (including phenoxy) is 1. The van der Waals surface area contributed by atoms with Crippen molar-refractivity contribution in [1.29, 1.82) is 0 Å². The first-order chi connectivity index (χ1) is 16.9. The van der Waals surface area contributed by atoms with Crippen molar-refractivity contribution < 1.29 is 24.2 Å². The molecule has 2 aromatic rings. The van der Waals surface area contributed by atoms with Crippen LogP contribution >= 0.6 is 0 Å². The van der Waals surface area contributed by atoms with Crippen molar-refractivity contribution in [2.45, 2.75) is 64.0 Å². The van der Waals surface area contributed by atoms with Crippen molar-refractivity contribution in [3.05, 3.63) is 59.7 Å². The summed E-state index contributed by atoms with van der Waals surface area (Å²) in [6.07, 6.45) is 3.39. The lowest BCUT2D eigenvalue weighted by molar-refractivity contribution is -0.143. The largest absolute Gasteiger partial charge is 0.481 e. The first-order valence-corrected chi connectivity index (χ1v) is 12.5. The SMILES string of the molecule is CC(NC(=O)OCC1c2ccccc2-c2ccccc21)C(C)C(=O)NC1CCCCCC1C(=O)O. The Morgan fingerprint density at radius 1 is 0.943 bits per heavy atom. The van der Waals surface area contributed by atoms with Crippen LogP contribution in [-0.2, 0) is 14.3 Å². The molecule has 0 aliphatic heterocycles. The molecule has 0 saturated heterocycles. The molecule has 2 aromatic carbocycles. The molecule has 4 atom stereocenters. The molecule has 4 unspecified atom stereocenters. The number of aliphatic carboxylic acids is 1. The molecule has 0 bridgehead atoms. The summed E-state index contributed by atoms with van der Waals surface area (Å²) < 4.78 is 5.60. The number of nitrogens with one attached hydrogen (secondary N) is 2. The van der Waals surface area contributed by atoms with Gasteiger partial charge in [-0.25, -0.2) is 4.79 Å². The van der Waals surface area contributed by atoms with E-state index in [-0.39, 0.29) is 24.5 Å². The Bertz CT molecular complexity index is 1040. The Balaban J connectivity index is 1.32. The van der Waals surface area contributed by atoms with E-state index in [0.29, 0.717) is 12.8 Å². The Morgan fingerprint density at radius 2 is 1.54 bits per heavy atom. The van der Waals surface area contributed by atoms with E-state index in [0.717, 1.165) is 41.5 Å².